The molecule has 37 heavy (non-hydrogen) atoms. The van der Waals surface area contributed by atoms with E-state index < -0.39 is 0 Å². The van der Waals surface area contributed by atoms with Crippen LogP contribution in [0.5, 0.6) is 5.75 Å². The van der Waals surface area contributed by atoms with E-state index in [9.17, 15) is 4.39 Å². The highest BCUT2D eigenvalue weighted by molar-refractivity contribution is 7.86. The van der Waals surface area contributed by atoms with Gasteiger partial charge in [-0.05, 0) is 61.6 Å². The number of hydrogen-bond donors (Lipinski definition) is 1. The Morgan fingerprint density at radius 2 is 2.08 bits per heavy atom. The summed E-state index contributed by atoms with van der Waals surface area (Å²) in [5.41, 5.74) is 3.17. The summed E-state index contributed by atoms with van der Waals surface area (Å²) in [4.78, 5) is 14.3. The standard InChI is InChI=1S/C27H26FN5O3S/c1-16-10-18(33-37(2)19-4-3-8-29-13-19)12-21-25(16)27(31-15-30-21)32-20-6-5-17(28)11-23(20)36-24-14-35-22-7-9-34-26(22)24/h3-6,8,10-13,15,22,24,26H,7,9,14H2,1-2H3,(H,30,31,32)/t22-,24-,26?,37?/m1/s1. The molecule has 2 unspecified atom stereocenters. The van der Waals surface area contributed by atoms with Crippen LogP contribution in [0, 0.1) is 12.7 Å². The topological polar surface area (TPSA) is 90.8 Å². The summed E-state index contributed by atoms with van der Waals surface area (Å²) in [6.45, 7) is 3.06. The number of halogens is 1. The molecule has 4 heterocycles. The summed E-state index contributed by atoms with van der Waals surface area (Å²) in [5, 5.41) is 4.20. The second kappa shape index (κ2) is 10.1. The van der Waals surface area contributed by atoms with Gasteiger partial charge >= 0.3 is 0 Å². The Kier molecular flexibility index (Phi) is 6.54. The maximum Gasteiger partial charge on any atom is 0.151 e. The molecule has 0 saturated carbocycles. The normalized spacial score (nSPS) is 21.8. The Bertz CT molecular complexity index is 1490. The first-order chi connectivity index (χ1) is 18.0. The fourth-order valence-electron chi connectivity index (χ4n) is 4.77. The van der Waals surface area contributed by atoms with Gasteiger partial charge in [-0.2, -0.15) is 0 Å². The summed E-state index contributed by atoms with van der Waals surface area (Å²) < 4.78 is 36.9. The van der Waals surface area contributed by atoms with Crippen molar-refractivity contribution in [3.63, 3.8) is 0 Å². The molecule has 6 rings (SSSR count). The summed E-state index contributed by atoms with van der Waals surface area (Å²) in [7, 11) is -0.352. The van der Waals surface area contributed by atoms with Gasteiger partial charge in [0.25, 0.3) is 0 Å². The van der Waals surface area contributed by atoms with Crippen molar-refractivity contribution in [2.75, 3.05) is 24.8 Å². The molecule has 2 aliphatic heterocycles. The van der Waals surface area contributed by atoms with Gasteiger partial charge in [0.15, 0.2) is 6.10 Å². The molecule has 1 N–H and O–H groups in total. The van der Waals surface area contributed by atoms with Crippen molar-refractivity contribution >= 4 is 38.8 Å². The van der Waals surface area contributed by atoms with Gasteiger partial charge in [0.05, 0.1) is 29.6 Å². The smallest absolute Gasteiger partial charge is 0.151 e. The van der Waals surface area contributed by atoms with Gasteiger partial charge < -0.3 is 19.5 Å². The second-order valence-electron chi connectivity index (χ2n) is 9.05. The van der Waals surface area contributed by atoms with Crippen molar-refractivity contribution in [1.29, 1.82) is 0 Å². The Hall–Kier alpha value is -3.47. The number of aryl methyl sites for hydroxylation is 1. The number of ether oxygens (including phenoxy) is 3. The van der Waals surface area contributed by atoms with Crippen molar-refractivity contribution in [2.45, 2.75) is 36.6 Å². The zero-order valence-corrected chi connectivity index (χ0v) is 21.2. The Morgan fingerprint density at radius 3 is 2.95 bits per heavy atom. The predicted octanol–water partition coefficient (Wildman–Crippen LogP) is 5.27. The van der Waals surface area contributed by atoms with E-state index in [1.165, 1.54) is 18.5 Å². The van der Waals surface area contributed by atoms with E-state index in [0.29, 0.717) is 30.5 Å². The van der Waals surface area contributed by atoms with Crippen LogP contribution in [0.2, 0.25) is 0 Å². The highest BCUT2D eigenvalue weighted by atomic mass is 32.2. The third-order valence-electron chi connectivity index (χ3n) is 6.53. The van der Waals surface area contributed by atoms with Gasteiger partial charge in [-0.3, -0.25) is 4.98 Å². The molecule has 2 saturated heterocycles. The van der Waals surface area contributed by atoms with E-state index in [2.05, 4.69) is 26.5 Å². The first kappa shape index (κ1) is 23.9. The molecule has 0 spiro atoms. The highest BCUT2D eigenvalue weighted by Crippen LogP contribution is 2.36. The van der Waals surface area contributed by atoms with Gasteiger partial charge in [-0.15, -0.1) is 0 Å². The highest BCUT2D eigenvalue weighted by Gasteiger charge is 2.43. The van der Waals surface area contributed by atoms with Gasteiger partial charge in [0.1, 0.15) is 29.8 Å². The lowest BCUT2D eigenvalue weighted by Crippen LogP contribution is -2.32. The summed E-state index contributed by atoms with van der Waals surface area (Å²) in [6, 6.07) is 12.3. The number of pyridine rings is 1. The fourth-order valence-corrected chi connectivity index (χ4v) is 5.79. The van der Waals surface area contributed by atoms with E-state index in [1.54, 1.807) is 12.3 Å². The van der Waals surface area contributed by atoms with E-state index in [0.717, 1.165) is 33.5 Å². The van der Waals surface area contributed by atoms with Crippen molar-refractivity contribution in [1.82, 2.24) is 15.0 Å². The molecule has 2 fully saturated rings. The second-order valence-corrected chi connectivity index (χ2v) is 10.7. The molecule has 0 bridgehead atoms. The van der Waals surface area contributed by atoms with Crippen molar-refractivity contribution in [3.8, 4) is 5.75 Å². The maximum absolute atomic E-state index is 14.2. The number of rotatable bonds is 6. The molecule has 8 nitrogen and oxygen atoms in total. The van der Waals surface area contributed by atoms with Crippen LogP contribution >= 0.6 is 0 Å². The minimum absolute atomic E-state index is 0.0320. The van der Waals surface area contributed by atoms with Crippen LogP contribution in [0.15, 0.2) is 70.4 Å². The lowest BCUT2D eigenvalue weighted by atomic mass is 10.1. The lowest BCUT2D eigenvalue weighted by Gasteiger charge is -2.21. The summed E-state index contributed by atoms with van der Waals surface area (Å²) in [5.74, 6) is 0.597. The largest absolute Gasteiger partial charge is 0.483 e. The number of benzene rings is 2. The molecule has 190 valence electrons. The Labute approximate surface area is 216 Å². The van der Waals surface area contributed by atoms with Gasteiger partial charge in [0, 0.05) is 35.3 Å². The first-order valence-electron chi connectivity index (χ1n) is 12.0. The Balaban J connectivity index is 1.31. The molecular weight excluding hydrogens is 493 g/mol. The number of hydrogen-bond acceptors (Lipinski definition) is 8. The molecule has 4 atom stereocenters. The molecule has 2 aromatic heterocycles. The van der Waals surface area contributed by atoms with E-state index in [1.807, 2.05) is 37.4 Å². The molecule has 2 aromatic carbocycles. The van der Waals surface area contributed by atoms with E-state index in [4.69, 9.17) is 18.6 Å². The van der Waals surface area contributed by atoms with Crippen LogP contribution in [0.25, 0.3) is 10.9 Å². The number of nitrogens with zero attached hydrogens (tertiary/aromatic N) is 4. The first-order valence-corrected chi connectivity index (χ1v) is 13.6. The quantitative estimate of drug-likeness (QED) is 0.371. The summed E-state index contributed by atoms with van der Waals surface area (Å²) >= 11 is 0. The van der Waals surface area contributed by atoms with Crippen LogP contribution < -0.4 is 10.1 Å². The zero-order valence-electron chi connectivity index (χ0n) is 20.4. The number of nitrogens with one attached hydrogen (secondary N) is 1. The van der Waals surface area contributed by atoms with Gasteiger partial charge in [0.2, 0.25) is 0 Å². The van der Waals surface area contributed by atoms with Gasteiger partial charge in [-0.1, -0.05) is 10.7 Å². The van der Waals surface area contributed by atoms with Crippen LogP contribution in [-0.2, 0) is 20.2 Å². The predicted molar refractivity (Wildman–Crippen MR) is 140 cm³/mol. The monoisotopic (exact) mass is 519 g/mol. The molecule has 4 aromatic rings. The molecular formula is C27H26FN5O3S. The average Bonchev–Trinajstić information content (AvgIpc) is 3.51. The van der Waals surface area contributed by atoms with Crippen LogP contribution in [-0.4, -0.2) is 52.7 Å². The average molecular weight is 520 g/mol. The number of aromatic nitrogens is 3. The van der Waals surface area contributed by atoms with Crippen LogP contribution in [0.1, 0.15) is 12.0 Å². The third-order valence-corrected chi connectivity index (χ3v) is 7.94. The molecule has 2 aliphatic rings. The minimum Gasteiger partial charge on any atom is -0.483 e. The van der Waals surface area contributed by atoms with Crippen molar-refractivity contribution < 1.29 is 18.6 Å². The SMILES string of the molecule is Cc1cc(/N=S(/C)c2cccnc2)cc2ncnc(Nc3ccc(F)cc3O[C@@H]3CO[C@@H]4CCOC43)c12. The van der Waals surface area contributed by atoms with Gasteiger partial charge in [-0.25, -0.2) is 18.7 Å². The maximum atomic E-state index is 14.2. The van der Waals surface area contributed by atoms with Crippen LogP contribution in [0.3, 0.4) is 0 Å². The molecule has 0 radical (unpaired) electrons. The number of anilines is 2. The fraction of sp³-hybridized carbons (Fsp3) is 0.296. The van der Waals surface area contributed by atoms with E-state index >= 15 is 0 Å². The minimum atomic E-state index is -0.387. The number of fused-ring (bicyclic) bond motifs is 2. The lowest BCUT2D eigenvalue weighted by molar-refractivity contribution is 0.0310. The molecule has 0 amide bonds. The van der Waals surface area contributed by atoms with Crippen molar-refractivity contribution in [2.24, 2.45) is 4.36 Å². The van der Waals surface area contributed by atoms with Crippen molar-refractivity contribution in [3.05, 3.63) is 72.6 Å². The Morgan fingerprint density at radius 1 is 1.16 bits per heavy atom. The summed E-state index contributed by atoms with van der Waals surface area (Å²) in [6.07, 6.45) is 7.60. The van der Waals surface area contributed by atoms with Crippen LogP contribution in [0.4, 0.5) is 21.6 Å². The third kappa shape index (κ3) is 4.92. The molecule has 10 heteroatoms. The van der Waals surface area contributed by atoms with E-state index in [-0.39, 0.29) is 34.8 Å². The zero-order chi connectivity index (χ0) is 25.4. The molecule has 0 aliphatic carbocycles.